The Hall–Kier alpha value is -1.97. The van der Waals surface area contributed by atoms with E-state index in [9.17, 15) is 4.79 Å². The van der Waals surface area contributed by atoms with Gasteiger partial charge in [0.15, 0.2) is 0 Å². The molecule has 0 atom stereocenters. The third-order valence-corrected chi connectivity index (χ3v) is 4.29. The summed E-state index contributed by atoms with van der Waals surface area (Å²) in [4.78, 5) is 15.5. The lowest BCUT2D eigenvalue weighted by atomic mass is 9.95. The molecule has 4 nitrogen and oxygen atoms in total. The summed E-state index contributed by atoms with van der Waals surface area (Å²) in [6.07, 6.45) is 8.29. The van der Waals surface area contributed by atoms with Crippen molar-refractivity contribution in [2.45, 2.75) is 44.6 Å². The van der Waals surface area contributed by atoms with Crippen molar-refractivity contribution < 1.29 is 9.53 Å². The molecule has 1 aliphatic carbocycles. The van der Waals surface area contributed by atoms with Crippen LogP contribution in [0.5, 0.6) is 5.75 Å². The summed E-state index contributed by atoms with van der Waals surface area (Å²) in [6, 6.07) is 6.24. The Kier molecular flexibility index (Phi) is 4.13. The second-order valence-corrected chi connectivity index (χ2v) is 5.78. The molecule has 21 heavy (non-hydrogen) atoms. The van der Waals surface area contributed by atoms with Crippen LogP contribution in [0.25, 0.3) is 10.9 Å². The molecule has 112 valence electrons. The van der Waals surface area contributed by atoms with Crippen LogP contribution in [0.4, 0.5) is 0 Å². The van der Waals surface area contributed by atoms with Crippen LogP contribution in [0.3, 0.4) is 0 Å². The van der Waals surface area contributed by atoms with Crippen molar-refractivity contribution in [3.8, 4) is 5.75 Å². The van der Waals surface area contributed by atoms with Crippen LogP contribution in [0.15, 0.2) is 24.4 Å². The minimum atomic E-state index is 0.105. The summed E-state index contributed by atoms with van der Waals surface area (Å²) < 4.78 is 5.41. The number of benzene rings is 1. The van der Waals surface area contributed by atoms with E-state index in [1.54, 1.807) is 7.11 Å². The van der Waals surface area contributed by atoms with Gasteiger partial charge in [-0.05, 0) is 30.5 Å². The number of aromatic amines is 1. The fraction of sp³-hybridized carbons (Fsp3) is 0.471. The number of carbonyl (C=O) groups is 1. The van der Waals surface area contributed by atoms with Crippen LogP contribution in [0.2, 0.25) is 0 Å². The second kappa shape index (κ2) is 6.20. The van der Waals surface area contributed by atoms with Crippen LogP contribution in [-0.2, 0) is 11.2 Å². The highest BCUT2D eigenvalue weighted by Crippen LogP contribution is 2.28. The van der Waals surface area contributed by atoms with E-state index in [0.717, 1.165) is 35.1 Å². The number of hydrogen-bond donors (Lipinski definition) is 2. The van der Waals surface area contributed by atoms with Crippen LogP contribution < -0.4 is 10.1 Å². The minimum absolute atomic E-state index is 0.105. The summed E-state index contributed by atoms with van der Waals surface area (Å²) in [5.41, 5.74) is 2.01. The van der Waals surface area contributed by atoms with E-state index in [1.807, 2.05) is 24.4 Å². The number of nitrogens with one attached hydrogen (secondary N) is 2. The molecule has 1 saturated carbocycles. The third-order valence-electron chi connectivity index (χ3n) is 4.29. The van der Waals surface area contributed by atoms with Crippen molar-refractivity contribution in [3.05, 3.63) is 30.0 Å². The van der Waals surface area contributed by atoms with Gasteiger partial charge in [-0.1, -0.05) is 25.3 Å². The first-order valence-electron chi connectivity index (χ1n) is 7.70. The largest absolute Gasteiger partial charge is 0.496 e. The number of methoxy groups -OCH3 is 1. The fourth-order valence-electron chi connectivity index (χ4n) is 3.23. The molecule has 2 N–H and O–H groups in total. The lowest BCUT2D eigenvalue weighted by Gasteiger charge is -2.22. The Bertz CT molecular complexity index is 627. The smallest absolute Gasteiger partial charge is 0.224 e. The molecular weight excluding hydrogens is 264 g/mol. The predicted molar refractivity (Wildman–Crippen MR) is 83.6 cm³/mol. The predicted octanol–water partition coefficient (Wildman–Crippen LogP) is 3.17. The number of ether oxygens (including phenoxy) is 1. The zero-order chi connectivity index (χ0) is 14.7. The van der Waals surface area contributed by atoms with Crippen LogP contribution in [0.1, 0.15) is 37.7 Å². The minimum Gasteiger partial charge on any atom is -0.496 e. The zero-order valence-corrected chi connectivity index (χ0v) is 12.4. The van der Waals surface area contributed by atoms with E-state index in [-0.39, 0.29) is 5.91 Å². The molecule has 4 heteroatoms. The summed E-state index contributed by atoms with van der Waals surface area (Å²) in [5, 5.41) is 4.18. The second-order valence-electron chi connectivity index (χ2n) is 5.78. The van der Waals surface area contributed by atoms with Gasteiger partial charge >= 0.3 is 0 Å². The van der Waals surface area contributed by atoms with Crippen molar-refractivity contribution in [1.29, 1.82) is 0 Å². The summed E-state index contributed by atoms with van der Waals surface area (Å²) in [7, 11) is 1.66. The van der Waals surface area contributed by atoms with Crippen LogP contribution in [-0.4, -0.2) is 24.0 Å². The normalized spacial score (nSPS) is 16.0. The summed E-state index contributed by atoms with van der Waals surface area (Å²) in [5.74, 6) is 0.919. The van der Waals surface area contributed by atoms with Crippen molar-refractivity contribution in [2.24, 2.45) is 0 Å². The molecular formula is C17H22N2O2. The van der Waals surface area contributed by atoms with Crippen molar-refractivity contribution >= 4 is 16.8 Å². The number of amides is 1. The maximum atomic E-state index is 12.3. The molecule has 0 saturated heterocycles. The van der Waals surface area contributed by atoms with Gasteiger partial charge in [-0.25, -0.2) is 0 Å². The van der Waals surface area contributed by atoms with E-state index >= 15 is 0 Å². The molecule has 1 aliphatic rings. The van der Waals surface area contributed by atoms with Gasteiger partial charge in [0, 0.05) is 23.1 Å². The Morgan fingerprint density at radius 3 is 2.90 bits per heavy atom. The van der Waals surface area contributed by atoms with E-state index < -0.39 is 0 Å². The quantitative estimate of drug-likeness (QED) is 0.907. The topological polar surface area (TPSA) is 54.1 Å². The van der Waals surface area contributed by atoms with Gasteiger partial charge in [0.1, 0.15) is 5.75 Å². The molecule has 1 fully saturated rings. The highest BCUT2D eigenvalue weighted by molar-refractivity contribution is 5.93. The van der Waals surface area contributed by atoms with Crippen molar-refractivity contribution in [3.63, 3.8) is 0 Å². The molecule has 0 radical (unpaired) electrons. The Balaban J connectivity index is 1.73. The van der Waals surface area contributed by atoms with Gasteiger partial charge in [-0.2, -0.15) is 0 Å². The first-order valence-corrected chi connectivity index (χ1v) is 7.70. The maximum absolute atomic E-state index is 12.3. The molecule has 0 bridgehead atoms. The third kappa shape index (κ3) is 3.04. The van der Waals surface area contributed by atoms with E-state index in [0.29, 0.717) is 12.5 Å². The molecule has 0 spiro atoms. The standard InChI is InChI=1S/C17H22N2O2/c1-21-15-9-5-8-14-17(15)12(11-18-14)10-16(20)19-13-6-3-2-4-7-13/h5,8-9,11,13,18H,2-4,6-7,10H2,1H3,(H,19,20). The number of aromatic nitrogens is 1. The van der Waals surface area contributed by atoms with E-state index in [1.165, 1.54) is 19.3 Å². The number of fused-ring (bicyclic) bond motifs is 1. The molecule has 1 heterocycles. The number of rotatable bonds is 4. The van der Waals surface area contributed by atoms with Crippen LogP contribution in [0, 0.1) is 0 Å². The molecule has 2 aromatic rings. The lowest BCUT2D eigenvalue weighted by molar-refractivity contribution is -0.121. The van der Waals surface area contributed by atoms with Gasteiger partial charge in [0.25, 0.3) is 0 Å². The Morgan fingerprint density at radius 2 is 2.14 bits per heavy atom. The first kappa shape index (κ1) is 14.0. The van der Waals surface area contributed by atoms with Gasteiger partial charge in [0.05, 0.1) is 13.5 Å². The maximum Gasteiger partial charge on any atom is 0.224 e. The molecule has 3 rings (SSSR count). The Morgan fingerprint density at radius 1 is 1.33 bits per heavy atom. The fourth-order valence-corrected chi connectivity index (χ4v) is 3.23. The van der Waals surface area contributed by atoms with Crippen molar-refractivity contribution in [2.75, 3.05) is 7.11 Å². The van der Waals surface area contributed by atoms with Crippen LogP contribution >= 0.6 is 0 Å². The molecule has 0 unspecified atom stereocenters. The van der Waals surface area contributed by atoms with E-state index in [4.69, 9.17) is 4.74 Å². The van der Waals surface area contributed by atoms with Gasteiger partial charge in [-0.3, -0.25) is 4.79 Å². The zero-order valence-electron chi connectivity index (χ0n) is 12.4. The highest BCUT2D eigenvalue weighted by Gasteiger charge is 2.17. The van der Waals surface area contributed by atoms with Gasteiger partial charge in [0.2, 0.25) is 5.91 Å². The van der Waals surface area contributed by atoms with Gasteiger partial charge < -0.3 is 15.0 Å². The van der Waals surface area contributed by atoms with Gasteiger partial charge in [-0.15, -0.1) is 0 Å². The number of carbonyl (C=O) groups excluding carboxylic acids is 1. The average molecular weight is 286 g/mol. The van der Waals surface area contributed by atoms with E-state index in [2.05, 4.69) is 10.3 Å². The monoisotopic (exact) mass is 286 g/mol. The summed E-state index contributed by atoms with van der Waals surface area (Å²) in [6.45, 7) is 0. The molecule has 1 aromatic carbocycles. The molecule has 0 aliphatic heterocycles. The lowest BCUT2D eigenvalue weighted by Crippen LogP contribution is -2.37. The number of H-pyrrole nitrogens is 1. The number of hydrogen-bond acceptors (Lipinski definition) is 2. The summed E-state index contributed by atoms with van der Waals surface area (Å²) >= 11 is 0. The SMILES string of the molecule is COc1cccc2[nH]cc(CC(=O)NC3CCCCC3)c12. The average Bonchev–Trinajstić information content (AvgIpc) is 2.91. The Labute approximate surface area is 124 Å². The molecule has 1 amide bonds. The highest BCUT2D eigenvalue weighted by atomic mass is 16.5. The first-order chi connectivity index (χ1) is 10.3. The van der Waals surface area contributed by atoms with Crippen molar-refractivity contribution in [1.82, 2.24) is 10.3 Å². The molecule has 1 aromatic heterocycles.